The molecule has 0 fully saturated rings. The highest BCUT2D eigenvalue weighted by Crippen LogP contribution is 2.36. The van der Waals surface area contributed by atoms with Gasteiger partial charge in [0, 0.05) is 13.0 Å². The molecule has 0 bridgehead atoms. The van der Waals surface area contributed by atoms with E-state index in [1.165, 1.54) is 0 Å². The van der Waals surface area contributed by atoms with E-state index in [9.17, 15) is 4.79 Å². The maximum absolute atomic E-state index is 12.8. The number of hydrogen-bond donors (Lipinski definition) is 2. The van der Waals surface area contributed by atoms with E-state index in [4.69, 9.17) is 14.6 Å². The number of nitrogens with one attached hydrogen (secondary N) is 1. The molecular weight excluding hydrogens is 378 g/mol. The summed E-state index contributed by atoms with van der Waals surface area (Å²) < 4.78 is 11.9. The molecule has 0 radical (unpaired) electrons. The van der Waals surface area contributed by atoms with Crippen molar-refractivity contribution in [2.75, 3.05) is 0 Å². The highest BCUT2D eigenvalue weighted by molar-refractivity contribution is 5.91. The van der Waals surface area contributed by atoms with Gasteiger partial charge in [0.05, 0.1) is 13.2 Å². The third kappa shape index (κ3) is 6.18. The van der Waals surface area contributed by atoms with E-state index < -0.39 is 6.29 Å². The van der Waals surface area contributed by atoms with Crippen LogP contribution in [0.15, 0.2) is 66.4 Å². The van der Waals surface area contributed by atoms with Crippen LogP contribution in [0.2, 0.25) is 0 Å². The lowest BCUT2D eigenvalue weighted by Gasteiger charge is -2.36. The second-order valence-corrected chi connectivity index (χ2v) is 8.74. The summed E-state index contributed by atoms with van der Waals surface area (Å²) in [4.78, 5) is 12.8. The second-order valence-electron chi connectivity index (χ2n) is 8.74. The average molecular weight is 410 g/mol. The van der Waals surface area contributed by atoms with Gasteiger partial charge in [-0.25, -0.2) is 0 Å². The summed E-state index contributed by atoms with van der Waals surface area (Å²) in [7, 11) is 0. The molecule has 2 atom stereocenters. The highest BCUT2D eigenvalue weighted by Gasteiger charge is 2.34. The number of hydrogen-bond acceptors (Lipinski definition) is 4. The molecule has 0 saturated heterocycles. The molecule has 1 aliphatic heterocycles. The zero-order valence-electron chi connectivity index (χ0n) is 17.9. The van der Waals surface area contributed by atoms with Gasteiger partial charge in [0.2, 0.25) is 6.29 Å². The number of aliphatic hydroxyl groups is 1. The number of benzene rings is 2. The summed E-state index contributed by atoms with van der Waals surface area (Å²) in [5.41, 5.74) is 2.88. The number of aliphatic hydroxyl groups excluding tert-OH is 1. The number of carbonyl (C=O) groups is 1. The van der Waals surface area contributed by atoms with Crippen LogP contribution in [-0.4, -0.2) is 17.3 Å². The molecular formula is C25H31NO4. The van der Waals surface area contributed by atoms with Crippen LogP contribution in [0.1, 0.15) is 43.9 Å². The predicted octanol–water partition coefficient (Wildman–Crippen LogP) is 4.30. The third-order valence-electron chi connectivity index (χ3n) is 5.33. The Balaban J connectivity index is 1.64. The maximum atomic E-state index is 12.8. The second kappa shape index (κ2) is 9.92. The van der Waals surface area contributed by atoms with Gasteiger partial charge in [0.25, 0.3) is 5.91 Å². The van der Waals surface area contributed by atoms with E-state index >= 15 is 0 Å². The summed E-state index contributed by atoms with van der Waals surface area (Å²) >= 11 is 0. The summed E-state index contributed by atoms with van der Waals surface area (Å²) in [5, 5.41) is 12.1. The molecule has 5 heteroatoms. The van der Waals surface area contributed by atoms with Gasteiger partial charge in [0.1, 0.15) is 0 Å². The monoisotopic (exact) mass is 409 g/mol. The zero-order chi connectivity index (χ0) is 21.6. The van der Waals surface area contributed by atoms with Crippen molar-refractivity contribution in [3.8, 4) is 0 Å². The lowest BCUT2D eigenvalue weighted by molar-refractivity contribution is -0.157. The summed E-state index contributed by atoms with van der Waals surface area (Å²) in [6.45, 7) is 7.32. The minimum Gasteiger partial charge on any atom is -0.459 e. The van der Waals surface area contributed by atoms with Crippen LogP contribution in [-0.2, 0) is 34.0 Å². The highest BCUT2D eigenvalue weighted by atomic mass is 16.7. The van der Waals surface area contributed by atoms with Gasteiger partial charge in [-0.05, 0) is 34.1 Å². The lowest BCUT2D eigenvalue weighted by Crippen LogP contribution is -2.36. The fourth-order valence-corrected chi connectivity index (χ4v) is 3.32. The molecule has 1 aliphatic rings. The minimum atomic E-state index is -0.491. The fraction of sp³-hybridized carbons (Fsp3) is 0.400. The molecule has 2 aromatic rings. The van der Waals surface area contributed by atoms with E-state index in [1.54, 1.807) is 0 Å². The van der Waals surface area contributed by atoms with Crippen LogP contribution in [0.5, 0.6) is 0 Å². The Morgan fingerprint density at radius 3 is 2.37 bits per heavy atom. The first-order chi connectivity index (χ1) is 14.3. The molecule has 5 nitrogen and oxygen atoms in total. The number of rotatable bonds is 7. The predicted molar refractivity (Wildman–Crippen MR) is 116 cm³/mol. The first-order valence-electron chi connectivity index (χ1n) is 10.4. The van der Waals surface area contributed by atoms with Gasteiger partial charge in [-0.15, -0.1) is 0 Å². The van der Waals surface area contributed by atoms with Crippen molar-refractivity contribution in [2.45, 2.75) is 53.2 Å². The van der Waals surface area contributed by atoms with Gasteiger partial charge in [-0.2, -0.15) is 0 Å². The van der Waals surface area contributed by atoms with Crippen LogP contribution >= 0.6 is 0 Å². The smallest absolute Gasteiger partial charge is 0.286 e. The Hall–Kier alpha value is -2.63. The Labute approximate surface area is 178 Å². The molecule has 2 aromatic carbocycles. The first-order valence-corrected chi connectivity index (χ1v) is 10.4. The largest absolute Gasteiger partial charge is 0.459 e. The minimum absolute atomic E-state index is 0.0148. The molecule has 0 aromatic heterocycles. The van der Waals surface area contributed by atoms with Crippen molar-refractivity contribution in [1.29, 1.82) is 0 Å². The third-order valence-corrected chi connectivity index (χ3v) is 5.33. The van der Waals surface area contributed by atoms with Crippen LogP contribution < -0.4 is 5.32 Å². The Morgan fingerprint density at radius 1 is 1.07 bits per heavy atom. The van der Waals surface area contributed by atoms with Gasteiger partial charge in [-0.1, -0.05) is 75.4 Å². The number of amides is 1. The lowest BCUT2D eigenvalue weighted by atomic mass is 9.77. The normalized spacial score (nSPS) is 19.0. The van der Waals surface area contributed by atoms with Crippen molar-refractivity contribution in [2.24, 2.45) is 11.3 Å². The van der Waals surface area contributed by atoms with Crippen molar-refractivity contribution in [1.82, 2.24) is 5.32 Å². The number of carbonyl (C=O) groups excluding carboxylic acids is 1. The van der Waals surface area contributed by atoms with Crippen molar-refractivity contribution < 1.29 is 19.4 Å². The number of ether oxygens (including phenoxy) is 2. The zero-order valence-corrected chi connectivity index (χ0v) is 17.9. The topological polar surface area (TPSA) is 67.8 Å². The Morgan fingerprint density at radius 2 is 1.73 bits per heavy atom. The van der Waals surface area contributed by atoms with E-state index in [-0.39, 0.29) is 23.8 Å². The average Bonchev–Trinajstić information content (AvgIpc) is 2.76. The van der Waals surface area contributed by atoms with Gasteiger partial charge in [-0.3, -0.25) is 4.79 Å². The van der Waals surface area contributed by atoms with Crippen molar-refractivity contribution in [3.63, 3.8) is 0 Å². The summed E-state index contributed by atoms with van der Waals surface area (Å²) in [6.07, 6.45) is 2.12. The molecule has 1 amide bonds. The van der Waals surface area contributed by atoms with Gasteiger partial charge < -0.3 is 19.9 Å². The fourth-order valence-electron chi connectivity index (χ4n) is 3.32. The Bertz CT molecular complexity index is 853. The van der Waals surface area contributed by atoms with E-state index in [1.807, 2.05) is 60.7 Å². The molecule has 160 valence electrons. The standard InChI is InChI=1S/C25H31NO4/c1-25(2,3)21-13-22(24(28)26-15-18-7-5-4-6-8-18)30-23(14-21)29-17-20-11-9-19(16-27)10-12-20/h4-13,21,23,27H,14-17H2,1-3H3,(H,26,28)/t21-,23+/m1/s1. The van der Waals surface area contributed by atoms with Crippen LogP contribution in [0.3, 0.4) is 0 Å². The van der Waals surface area contributed by atoms with Crippen LogP contribution in [0.25, 0.3) is 0 Å². The van der Waals surface area contributed by atoms with Crippen molar-refractivity contribution >= 4 is 5.91 Å². The first kappa shape index (κ1) is 22.1. The molecule has 0 spiro atoms. The maximum Gasteiger partial charge on any atom is 0.286 e. The molecule has 0 aliphatic carbocycles. The molecule has 0 unspecified atom stereocenters. The molecule has 1 heterocycles. The van der Waals surface area contributed by atoms with Gasteiger partial charge >= 0.3 is 0 Å². The van der Waals surface area contributed by atoms with E-state index in [2.05, 4.69) is 26.1 Å². The SMILES string of the molecule is CC(C)(C)[C@@H]1C=C(C(=O)NCc2ccccc2)O[C@H](OCc2ccc(CO)cc2)C1. The molecule has 2 N–H and O–H groups in total. The number of allylic oxidation sites excluding steroid dienone is 1. The summed E-state index contributed by atoms with van der Waals surface area (Å²) in [5.74, 6) is 0.247. The summed E-state index contributed by atoms with van der Waals surface area (Å²) in [6, 6.07) is 17.4. The van der Waals surface area contributed by atoms with Crippen LogP contribution in [0, 0.1) is 11.3 Å². The molecule has 30 heavy (non-hydrogen) atoms. The van der Waals surface area contributed by atoms with Crippen LogP contribution in [0.4, 0.5) is 0 Å². The molecule has 0 saturated carbocycles. The van der Waals surface area contributed by atoms with Gasteiger partial charge in [0.15, 0.2) is 5.76 Å². The quantitative estimate of drug-likeness (QED) is 0.715. The van der Waals surface area contributed by atoms with Crippen molar-refractivity contribution in [3.05, 3.63) is 83.1 Å². The Kier molecular flexibility index (Phi) is 7.29. The van der Waals surface area contributed by atoms with E-state index in [0.29, 0.717) is 25.3 Å². The van der Waals surface area contributed by atoms with E-state index in [0.717, 1.165) is 16.7 Å². The molecule has 3 rings (SSSR count).